The zero-order valence-electron chi connectivity index (χ0n) is 15.2. The fourth-order valence-corrected chi connectivity index (χ4v) is 3.98. The summed E-state index contributed by atoms with van der Waals surface area (Å²) in [6.07, 6.45) is 3.71. The number of amides is 1. The molecule has 0 aliphatic rings. The molecular weight excluding hydrogens is 362 g/mol. The van der Waals surface area contributed by atoms with E-state index in [2.05, 4.69) is 15.0 Å². The molecule has 0 unspecified atom stereocenters. The van der Waals surface area contributed by atoms with E-state index < -0.39 is 10.0 Å². The summed E-state index contributed by atoms with van der Waals surface area (Å²) in [5.74, 6) is -0.201. The quantitative estimate of drug-likeness (QED) is 0.519. The molecule has 3 aromatic rings. The number of unbranched alkanes of at least 4 members (excludes halogenated alkanes) is 1. The summed E-state index contributed by atoms with van der Waals surface area (Å²) in [5, 5.41) is 3.78. The first-order valence-corrected chi connectivity index (χ1v) is 10.4. The van der Waals surface area contributed by atoms with Gasteiger partial charge in [-0.05, 0) is 36.2 Å². The number of aromatic nitrogens is 1. The second-order valence-electron chi connectivity index (χ2n) is 6.36. The minimum atomic E-state index is -3.58. The van der Waals surface area contributed by atoms with E-state index in [4.69, 9.17) is 0 Å². The van der Waals surface area contributed by atoms with Crippen molar-refractivity contribution in [3.8, 4) is 0 Å². The third kappa shape index (κ3) is 4.75. The third-order valence-electron chi connectivity index (χ3n) is 4.28. The standard InChI is InChI=1S/C20H23N3O3S/c1-2-3-11-22-27(25,26)17-8-6-7-16(13-17)23-20(24)12-15-14-21-19-10-5-4-9-18(15)19/h4-10,13-14,21-22H,2-3,11-12H2,1H3,(H,23,24). The summed E-state index contributed by atoms with van der Waals surface area (Å²) in [6.45, 7) is 2.40. The Morgan fingerprint density at radius 2 is 1.93 bits per heavy atom. The predicted octanol–water partition coefficient (Wildman–Crippen LogP) is 3.43. The lowest BCUT2D eigenvalue weighted by atomic mass is 10.1. The average molecular weight is 385 g/mol. The molecule has 7 heteroatoms. The molecular formula is C20H23N3O3S. The van der Waals surface area contributed by atoms with Crippen LogP contribution in [0.15, 0.2) is 59.6 Å². The van der Waals surface area contributed by atoms with Crippen molar-refractivity contribution in [2.24, 2.45) is 0 Å². The smallest absolute Gasteiger partial charge is 0.240 e. The van der Waals surface area contributed by atoms with E-state index in [1.54, 1.807) is 12.1 Å². The van der Waals surface area contributed by atoms with Crippen molar-refractivity contribution in [2.45, 2.75) is 31.1 Å². The molecule has 0 bridgehead atoms. The largest absolute Gasteiger partial charge is 0.361 e. The van der Waals surface area contributed by atoms with Crippen LogP contribution in [0.5, 0.6) is 0 Å². The number of carbonyl (C=O) groups excluding carboxylic acids is 1. The van der Waals surface area contributed by atoms with E-state index in [1.807, 2.05) is 37.4 Å². The molecule has 1 heterocycles. The van der Waals surface area contributed by atoms with Crippen molar-refractivity contribution < 1.29 is 13.2 Å². The zero-order valence-corrected chi connectivity index (χ0v) is 16.0. The molecule has 3 N–H and O–H groups in total. The van der Waals surface area contributed by atoms with Crippen LogP contribution in [0.25, 0.3) is 10.9 Å². The molecule has 0 spiro atoms. The Balaban J connectivity index is 1.69. The zero-order chi connectivity index (χ0) is 19.3. The van der Waals surface area contributed by atoms with E-state index in [1.165, 1.54) is 12.1 Å². The highest BCUT2D eigenvalue weighted by molar-refractivity contribution is 7.89. The van der Waals surface area contributed by atoms with Gasteiger partial charge in [-0.25, -0.2) is 13.1 Å². The van der Waals surface area contributed by atoms with Gasteiger partial charge in [0.25, 0.3) is 0 Å². The second kappa shape index (κ2) is 8.37. The molecule has 3 rings (SSSR count). The lowest BCUT2D eigenvalue weighted by Gasteiger charge is -2.09. The molecule has 0 atom stereocenters. The summed E-state index contributed by atoms with van der Waals surface area (Å²) in [6, 6.07) is 14.1. The van der Waals surface area contributed by atoms with Crippen LogP contribution in [-0.2, 0) is 21.2 Å². The Labute approximate surface area is 159 Å². The number of aromatic amines is 1. The number of sulfonamides is 1. The normalized spacial score (nSPS) is 11.6. The molecule has 1 amide bonds. The summed E-state index contributed by atoms with van der Waals surface area (Å²) in [5.41, 5.74) is 2.33. The van der Waals surface area contributed by atoms with Crippen molar-refractivity contribution >= 4 is 32.5 Å². The molecule has 0 aliphatic heterocycles. The van der Waals surface area contributed by atoms with Crippen LogP contribution >= 0.6 is 0 Å². The highest BCUT2D eigenvalue weighted by atomic mass is 32.2. The number of hydrogen-bond donors (Lipinski definition) is 3. The second-order valence-corrected chi connectivity index (χ2v) is 8.13. The van der Waals surface area contributed by atoms with Crippen molar-refractivity contribution in [1.82, 2.24) is 9.71 Å². The highest BCUT2D eigenvalue weighted by Gasteiger charge is 2.15. The maximum atomic E-state index is 12.4. The van der Waals surface area contributed by atoms with Gasteiger partial charge in [-0.3, -0.25) is 4.79 Å². The van der Waals surface area contributed by atoms with Crippen molar-refractivity contribution in [1.29, 1.82) is 0 Å². The van der Waals surface area contributed by atoms with Gasteiger partial charge in [0.05, 0.1) is 11.3 Å². The number of nitrogens with one attached hydrogen (secondary N) is 3. The first kappa shape index (κ1) is 19.1. The molecule has 6 nitrogen and oxygen atoms in total. The van der Waals surface area contributed by atoms with Crippen LogP contribution in [0, 0.1) is 0 Å². The number of anilines is 1. The predicted molar refractivity (Wildman–Crippen MR) is 107 cm³/mol. The molecule has 0 fully saturated rings. The number of hydrogen-bond acceptors (Lipinski definition) is 3. The van der Waals surface area contributed by atoms with E-state index in [-0.39, 0.29) is 17.2 Å². The number of H-pyrrole nitrogens is 1. The SMILES string of the molecule is CCCCNS(=O)(=O)c1cccc(NC(=O)Cc2c[nH]c3ccccc23)c1. The number of rotatable bonds is 8. The van der Waals surface area contributed by atoms with Crippen LogP contribution in [0.3, 0.4) is 0 Å². The van der Waals surface area contributed by atoms with Crippen molar-refractivity contribution in [3.05, 3.63) is 60.3 Å². The van der Waals surface area contributed by atoms with Crippen molar-refractivity contribution in [2.75, 3.05) is 11.9 Å². The van der Waals surface area contributed by atoms with Crippen LogP contribution in [0.1, 0.15) is 25.3 Å². The number of benzene rings is 2. The lowest BCUT2D eigenvalue weighted by Crippen LogP contribution is -2.25. The Morgan fingerprint density at radius 3 is 2.74 bits per heavy atom. The summed E-state index contributed by atoms with van der Waals surface area (Å²) >= 11 is 0. The molecule has 142 valence electrons. The van der Waals surface area contributed by atoms with Gasteiger partial charge in [0.1, 0.15) is 0 Å². The summed E-state index contributed by atoms with van der Waals surface area (Å²) in [7, 11) is -3.58. The number of carbonyl (C=O) groups is 1. The first-order valence-electron chi connectivity index (χ1n) is 8.94. The molecule has 0 aliphatic carbocycles. The van der Waals surface area contributed by atoms with Crippen LogP contribution in [0.2, 0.25) is 0 Å². The molecule has 1 aromatic heterocycles. The molecule has 0 saturated carbocycles. The maximum Gasteiger partial charge on any atom is 0.240 e. The van der Waals surface area contributed by atoms with Crippen LogP contribution < -0.4 is 10.0 Å². The highest BCUT2D eigenvalue weighted by Crippen LogP contribution is 2.19. The van der Waals surface area contributed by atoms with Gasteiger partial charge in [-0.1, -0.05) is 37.6 Å². The molecule has 2 aromatic carbocycles. The summed E-state index contributed by atoms with van der Waals surface area (Å²) in [4.78, 5) is 15.7. The van der Waals surface area contributed by atoms with Gasteiger partial charge >= 0.3 is 0 Å². The van der Waals surface area contributed by atoms with Crippen molar-refractivity contribution in [3.63, 3.8) is 0 Å². The maximum absolute atomic E-state index is 12.4. The van der Waals surface area contributed by atoms with E-state index in [0.29, 0.717) is 12.2 Å². The Bertz CT molecular complexity index is 1040. The number of fused-ring (bicyclic) bond motifs is 1. The number of para-hydroxylation sites is 1. The van der Waals surface area contributed by atoms with Gasteiger partial charge in [0.2, 0.25) is 15.9 Å². The third-order valence-corrected chi connectivity index (χ3v) is 5.74. The Morgan fingerprint density at radius 1 is 1.11 bits per heavy atom. The van der Waals surface area contributed by atoms with Gasteiger partial charge in [-0.2, -0.15) is 0 Å². The summed E-state index contributed by atoms with van der Waals surface area (Å²) < 4.78 is 27.2. The fraction of sp³-hybridized carbons (Fsp3) is 0.250. The van der Waals surface area contributed by atoms with Gasteiger partial charge in [-0.15, -0.1) is 0 Å². The molecule has 27 heavy (non-hydrogen) atoms. The fourth-order valence-electron chi connectivity index (χ4n) is 2.86. The minimum Gasteiger partial charge on any atom is -0.361 e. The van der Waals surface area contributed by atoms with Gasteiger partial charge in [0, 0.05) is 29.3 Å². The lowest BCUT2D eigenvalue weighted by molar-refractivity contribution is -0.115. The van der Waals surface area contributed by atoms with E-state index in [9.17, 15) is 13.2 Å². The monoisotopic (exact) mass is 385 g/mol. The molecule has 0 saturated heterocycles. The van der Waals surface area contributed by atoms with Gasteiger partial charge < -0.3 is 10.3 Å². The Kier molecular flexibility index (Phi) is 5.93. The molecule has 0 radical (unpaired) electrons. The minimum absolute atomic E-state index is 0.142. The van der Waals surface area contributed by atoms with Crippen LogP contribution in [0.4, 0.5) is 5.69 Å². The van der Waals surface area contributed by atoms with E-state index in [0.717, 1.165) is 29.3 Å². The Hall–Kier alpha value is -2.64. The topological polar surface area (TPSA) is 91.1 Å². The first-order chi connectivity index (χ1) is 13.0. The van der Waals surface area contributed by atoms with Crippen LogP contribution in [-0.4, -0.2) is 25.9 Å². The van der Waals surface area contributed by atoms with E-state index >= 15 is 0 Å². The van der Waals surface area contributed by atoms with Gasteiger partial charge in [0.15, 0.2) is 0 Å². The average Bonchev–Trinajstić information content (AvgIpc) is 3.05.